The van der Waals surface area contributed by atoms with E-state index >= 15 is 0 Å². The molecule has 0 aliphatic heterocycles. The van der Waals surface area contributed by atoms with Crippen LogP contribution in [-0.4, -0.2) is 4.57 Å². The van der Waals surface area contributed by atoms with Crippen molar-refractivity contribution in [3.05, 3.63) is 237 Å². The van der Waals surface area contributed by atoms with Gasteiger partial charge in [0.2, 0.25) is 0 Å². The first-order valence-corrected chi connectivity index (χ1v) is 23.0. The van der Waals surface area contributed by atoms with Gasteiger partial charge < -0.3 is 8.98 Å². The predicted octanol–water partition coefficient (Wildman–Crippen LogP) is 18.0. The zero-order valence-corrected chi connectivity index (χ0v) is 36.1. The van der Waals surface area contributed by atoms with Gasteiger partial charge in [-0.15, -0.1) is 11.3 Å². The minimum Gasteiger partial charge on any atom is -0.456 e. The Kier molecular flexibility index (Phi) is 8.75. The van der Waals surface area contributed by atoms with E-state index in [2.05, 4.69) is 223 Å². The molecule has 0 aliphatic rings. The molecule has 65 heavy (non-hydrogen) atoms. The van der Waals surface area contributed by atoms with E-state index in [1.165, 1.54) is 102 Å². The third kappa shape index (κ3) is 6.16. The van der Waals surface area contributed by atoms with Crippen LogP contribution < -0.4 is 0 Å². The largest absolute Gasteiger partial charge is 0.456 e. The number of benzene rings is 11. The van der Waals surface area contributed by atoms with Crippen LogP contribution in [0.1, 0.15) is 0 Å². The number of para-hydroxylation sites is 3. The second kappa shape index (κ2) is 15.2. The van der Waals surface area contributed by atoms with Crippen LogP contribution in [0, 0.1) is 0 Å². The Balaban J connectivity index is 0.000000130. The fourth-order valence-corrected chi connectivity index (χ4v) is 11.3. The van der Waals surface area contributed by atoms with Crippen LogP contribution in [-0.2, 0) is 0 Å². The zero-order chi connectivity index (χ0) is 42.8. The quantitative estimate of drug-likeness (QED) is 0.161. The number of rotatable bonds is 4. The highest BCUT2D eigenvalue weighted by Crippen LogP contribution is 2.42. The van der Waals surface area contributed by atoms with E-state index in [0.717, 1.165) is 22.2 Å². The van der Waals surface area contributed by atoms with Gasteiger partial charge in [-0.25, -0.2) is 0 Å². The van der Waals surface area contributed by atoms with Crippen LogP contribution in [0.15, 0.2) is 241 Å². The van der Waals surface area contributed by atoms with E-state index in [1.54, 1.807) is 0 Å². The lowest BCUT2D eigenvalue weighted by Gasteiger charge is -2.12. The molecule has 2 nitrogen and oxygen atoms in total. The van der Waals surface area contributed by atoms with E-state index in [-0.39, 0.29) is 0 Å². The molecule has 0 spiro atoms. The van der Waals surface area contributed by atoms with Gasteiger partial charge in [-0.2, -0.15) is 0 Å². The average molecular weight is 846 g/mol. The third-order valence-corrected chi connectivity index (χ3v) is 14.2. The Labute approximate surface area is 379 Å². The van der Waals surface area contributed by atoms with Gasteiger partial charge in [-0.05, 0) is 110 Å². The molecule has 0 amide bonds. The molecule has 0 radical (unpaired) electrons. The van der Waals surface area contributed by atoms with Crippen LogP contribution in [0.3, 0.4) is 0 Å². The normalized spacial score (nSPS) is 11.7. The molecule has 3 heterocycles. The summed E-state index contributed by atoms with van der Waals surface area (Å²) in [5.41, 5.74) is 13.0. The van der Waals surface area contributed by atoms with E-state index in [4.69, 9.17) is 4.42 Å². The fourth-order valence-electron chi connectivity index (χ4n) is 10.1. The highest BCUT2D eigenvalue weighted by atomic mass is 32.1. The molecule has 0 bridgehead atoms. The number of nitrogens with zero attached hydrogens (tertiary/aromatic N) is 1. The maximum atomic E-state index is 6.09. The Bertz CT molecular complexity index is 4060. The Morgan fingerprint density at radius 3 is 1.52 bits per heavy atom. The summed E-state index contributed by atoms with van der Waals surface area (Å²) in [4.78, 5) is 0. The molecule has 0 saturated heterocycles. The van der Waals surface area contributed by atoms with Gasteiger partial charge >= 0.3 is 0 Å². The smallest absolute Gasteiger partial charge is 0.136 e. The molecule has 0 atom stereocenters. The lowest BCUT2D eigenvalue weighted by Crippen LogP contribution is -1.93. The van der Waals surface area contributed by atoms with Crippen LogP contribution >= 0.6 is 11.3 Å². The molecule has 304 valence electrons. The van der Waals surface area contributed by atoms with Crippen LogP contribution in [0.2, 0.25) is 0 Å². The second-order valence-electron chi connectivity index (χ2n) is 16.7. The summed E-state index contributed by atoms with van der Waals surface area (Å²) in [5.74, 6) is 0. The minimum atomic E-state index is 0.926. The monoisotopic (exact) mass is 845 g/mol. The Hall–Kier alpha value is -8.24. The van der Waals surface area contributed by atoms with Crippen molar-refractivity contribution >= 4 is 96.8 Å². The van der Waals surface area contributed by atoms with Crippen LogP contribution in [0.5, 0.6) is 0 Å². The maximum Gasteiger partial charge on any atom is 0.136 e. The first-order valence-electron chi connectivity index (χ1n) is 22.2. The number of hydrogen-bond acceptors (Lipinski definition) is 2. The molecule has 11 aromatic carbocycles. The number of hydrogen-bond donors (Lipinski definition) is 0. The molecule has 0 unspecified atom stereocenters. The van der Waals surface area contributed by atoms with E-state index in [1.807, 2.05) is 29.5 Å². The number of thiophene rings is 1. The lowest BCUT2D eigenvalue weighted by molar-refractivity contribution is 0.669. The highest BCUT2D eigenvalue weighted by Gasteiger charge is 2.16. The summed E-state index contributed by atoms with van der Waals surface area (Å²) in [6.07, 6.45) is 0. The molecule has 0 N–H and O–H groups in total. The van der Waals surface area contributed by atoms with Gasteiger partial charge in [0, 0.05) is 47.4 Å². The Morgan fingerprint density at radius 1 is 0.308 bits per heavy atom. The predicted molar refractivity (Wildman–Crippen MR) is 279 cm³/mol. The second-order valence-corrected chi connectivity index (χ2v) is 17.8. The topological polar surface area (TPSA) is 18.1 Å². The molecule has 3 heteroatoms. The first-order chi connectivity index (χ1) is 32.2. The average Bonchev–Trinajstić information content (AvgIpc) is 4.06. The van der Waals surface area contributed by atoms with Gasteiger partial charge in [0.25, 0.3) is 0 Å². The van der Waals surface area contributed by atoms with Gasteiger partial charge in [0.05, 0.1) is 11.0 Å². The SMILES string of the molecule is c1ccc2c(c1)cc(-c1ccc(-c3cccc4sc5ccccc5c34)cc1)c1ccccc12.c1ccc2c(c1)oc1cccc(-c3ccc(-n4c5ccccc5c5ccccc54)cc3)c12. The molecular weight excluding hydrogens is 807 g/mol. The third-order valence-electron chi connectivity index (χ3n) is 13.1. The van der Waals surface area contributed by atoms with Gasteiger partial charge in [-0.1, -0.05) is 182 Å². The molecule has 14 rings (SSSR count). The molecular formula is C62H39NOS. The standard InChI is InChI=1S/C32H20S.C30H19NO/c1-2-9-24-23(8-1)20-29(27-11-4-3-10-26(24)27)22-18-16-21(17-19-22)25-13-7-15-31-32(25)28-12-5-6-14-30(28)33-31;1-4-12-26-23(8-1)24-9-2-5-13-27(24)31(26)21-18-16-20(17-19-21)22-11-7-15-29-30(22)25-10-3-6-14-28(25)32-29/h1-20H;1-19H. The zero-order valence-electron chi connectivity index (χ0n) is 35.3. The lowest BCUT2D eigenvalue weighted by atomic mass is 9.92. The van der Waals surface area contributed by atoms with Crippen molar-refractivity contribution in [3.63, 3.8) is 0 Å². The molecule has 3 aromatic heterocycles. The summed E-state index contributed by atoms with van der Waals surface area (Å²) < 4.78 is 11.1. The van der Waals surface area contributed by atoms with Crippen LogP contribution in [0.4, 0.5) is 0 Å². The minimum absolute atomic E-state index is 0.926. The van der Waals surface area contributed by atoms with Crippen molar-refractivity contribution in [2.75, 3.05) is 0 Å². The summed E-state index contributed by atoms with van der Waals surface area (Å²) in [6.45, 7) is 0. The molecule has 0 aliphatic carbocycles. The van der Waals surface area contributed by atoms with Crippen molar-refractivity contribution in [2.45, 2.75) is 0 Å². The number of fused-ring (bicyclic) bond motifs is 12. The summed E-state index contributed by atoms with van der Waals surface area (Å²) in [7, 11) is 0. The highest BCUT2D eigenvalue weighted by molar-refractivity contribution is 7.25. The summed E-state index contributed by atoms with van der Waals surface area (Å²) >= 11 is 1.87. The van der Waals surface area contributed by atoms with E-state index in [9.17, 15) is 0 Å². The van der Waals surface area contributed by atoms with Gasteiger partial charge in [0.1, 0.15) is 11.2 Å². The van der Waals surface area contributed by atoms with E-state index in [0.29, 0.717) is 0 Å². The summed E-state index contributed by atoms with van der Waals surface area (Å²) in [6, 6.07) is 84.9. The van der Waals surface area contributed by atoms with Crippen molar-refractivity contribution in [2.24, 2.45) is 0 Å². The number of furan rings is 1. The van der Waals surface area contributed by atoms with Crippen molar-refractivity contribution in [1.82, 2.24) is 4.57 Å². The molecule has 0 fully saturated rings. The maximum absolute atomic E-state index is 6.09. The first kappa shape index (κ1) is 37.3. The molecule has 0 saturated carbocycles. The van der Waals surface area contributed by atoms with E-state index < -0.39 is 0 Å². The molecule has 14 aromatic rings. The van der Waals surface area contributed by atoms with Gasteiger partial charge in [0.15, 0.2) is 0 Å². The van der Waals surface area contributed by atoms with Gasteiger partial charge in [-0.3, -0.25) is 0 Å². The fraction of sp³-hybridized carbons (Fsp3) is 0. The summed E-state index contributed by atoms with van der Waals surface area (Å²) in [5, 5.41) is 12.8. The number of aromatic nitrogens is 1. The van der Waals surface area contributed by atoms with Crippen molar-refractivity contribution in [3.8, 4) is 39.1 Å². The van der Waals surface area contributed by atoms with Crippen molar-refractivity contribution < 1.29 is 4.42 Å². The Morgan fingerprint density at radius 2 is 0.800 bits per heavy atom. The van der Waals surface area contributed by atoms with Crippen molar-refractivity contribution in [1.29, 1.82) is 0 Å². The van der Waals surface area contributed by atoms with Crippen LogP contribution in [0.25, 0.3) is 125 Å².